The van der Waals surface area contributed by atoms with Gasteiger partial charge in [0.2, 0.25) is 10.4 Å². The van der Waals surface area contributed by atoms with Gasteiger partial charge < -0.3 is 15.4 Å². The molecule has 0 bridgehead atoms. The Labute approximate surface area is 174 Å². The largest absolute Gasteiger partial charge is 0.726 e. The molecule has 0 spiro atoms. The van der Waals surface area contributed by atoms with E-state index in [1.807, 2.05) is 48.3 Å². The Kier molecular flexibility index (Phi) is 8.12. The van der Waals surface area contributed by atoms with E-state index < -0.39 is 10.4 Å². The highest BCUT2D eigenvalue weighted by Gasteiger charge is 2.08. The molecule has 30 heavy (non-hydrogen) atoms. The van der Waals surface area contributed by atoms with Gasteiger partial charge in [0.15, 0.2) is 12.4 Å². The van der Waals surface area contributed by atoms with Crippen molar-refractivity contribution in [3.8, 4) is 0 Å². The molecule has 0 fully saturated rings. The number of aromatic nitrogens is 3. The van der Waals surface area contributed by atoms with Crippen molar-refractivity contribution in [2.45, 2.75) is 13.2 Å². The number of nitrogen functional groups attached to an aromatic ring is 1. The van der Waals surface area contributed by atoms with Crippen molar-refractivity contribution in [1.29, 1.82) is 0 Å². The normalized spacial score (nSPS) is 11.3. The minimum atomic E-state index is -4.41. The maximum atomic E-state index is 9.31. The van der Waals surface area contributed by atoms with Crippen LogP contribution in [0.2, 0.25) is 0 Å². The third-order valence-corrected chi connectivity index (χ3v) is 4.28. The highest BCUT2D eigenvalue weighted by Crippen LogP contribution is 2.26. The van der Waals surface area contributed by atoms with Crippen LogP contribution in [0.1, 0.15) is 11.1 Å². The lowest BCUT2D eigenvalue weighted by molar-refractivity contribution is -0.671. The van der Waals surface area contributed by atoms with Gasteiger partial charge in [0, 0.05) is 17.7 Å². The quantitative estimate of drug-likeness (QED) is 0.256. The van der Waals surface area contributed by atoms with Crippen LogP contribution in [0.4, 0.5) is 17.2 Å². The molecule has 3 N–H and O–H groups in total. The van der Waals surface area contributed by atoms with E-state index in [1.54, 1.807) is 23.0 Å². The number of benzene rings is 1. The van der Waals surface area contributed by atoms with Gasteiger partial charge >= 0.3 is 0 Å². The Morgan fingerprint density at radius 2 is 1.80 bits per heavy atom. The number of aliphatic hydroxyl groups excluding tert-OH is 1. The van der Waals surface area contributed by atoms with Crippen molar-refractivity contribution in [3.05, 3.63) is 66.1 Å². The van der Waals surface area contributed by atoms with Crippen LogP contribution < -0.4 is 10.3 Å². The summed E-state index contributed by atoms with van der Waals surface area (Å²) in [6.45, 7) is 0.477. The first-order valence-corrected chi connectivity index (χ1v) is 9.94. The maximum absolute atomic E-state index is 9.31. The predicted octanol–water partition coefficient (Wildman–Crippen LogP) is 1.34. The maximum Gasteiger partial charge on any atom is 0.217 e. The van der Waals surface area contributed by atoms with E-state index >= 15 is 0 Å². The van der Waals surface area contributed by atoms with Gasteiger partial charge in [0.05, 0.1) is 32.1 Å². The Hall–Kier alpha value is -3.19. The monoisotopic (exact) mass is 434 g/mol. The van der Waals surface area contributed by atoms with Crippen LogP contribution in [0.3, 0.4) is 0 Å². The van der Waals surface area contributed by atoms with Crippen LogP contribution in [-0.2, 0) is 34.8 Å². The molecule has 0 aliphatic rings. The van der Waals surface area contributed by atoms with E-state index in [0.29, 0.717) is 29.3 Å². The fourth-order valence-corrected chi connectivity index (χ4v) is 2.25. The van der Waals surface area contributed by atoms with Gasteiger partial charge in [0.1, 0.15) is 18.6 Å². The van der Waals surface area contributed by atoms with Crippen LogP contribution in [0.5, 0.6) is 0 Å². The minimum Gasteiger partial charge on any atom is -0.726 e. The predicted molar refractivity (Wildman–Crippen MR) is 107 cm³/mol. The zero-order valence-electron chi connectivity index (χ0n) is 16.4. The van der Waals surface area contributed by atoms with Crippen molar-refractivity contribution >= 4 is 27.6 Å². The molecule has 0 saturated carbocycles. The molecule has 0 amide bonds. The molecule has 0 unspecified atom stereocenters. The Morgan fingerprint density at radius 3 is 2.40 bits per heavy atom. The Bertz CT molecular complexity index is 1100. The highest BCUT2D eigenvalue weighted by molar-refractivity contribution is 7.80. The van der Waals surface area contributed by atoms with Crippen molar-refractivity contribution in [2.75, 3.05) is 12.8 Å². The van der Waals surface area contributed by atoms with Gasteiger partial charge in [-0.05, 0) is 11.6 Å². The van der Waals surface area contributed by atoms with Gasteiger partial charge in [-0.2, -0.15) is 5.10 Å². The second-order valence-corrected chi connectivity index (χ2v) is 7.16. The summed E-state index contributed by atoms with van der Waals surface area (Å²) in [5, 5.41) is 21.9. The number of rotatable bonds is 6. The third kappa shape index (κ3) is 7.00. The van der Waals surface area contributed by atoms with E-state index in [0.717, 1.165) is 12.7 Å². The molecule has 160 valence electrons. The number of nitrogens with zero attached hydrogens (tertiary/aromatic N) is 5. The van der Waals surface area contributed by atoms with Crippen LogP contribution in [-0.4, -0.2) is 35.0 Å². The zero-order valence-corrected chi connectivity index (χ0v) is 17.2. The topological polar surface area (TPSA) is 159 Å². The number of aliphatic hydroxyl groups is 1. The highest BCUT2D eigenvalue weighted by atomic mass is 32.3. The van der Waals surface area contributed by atoms with Gasteiger partial charge in [-0.15, -0.1) is 10.2 Å². The minimum absolute atomic E-state index is 0.0879. The summed E-state index contributed by atoms with van der Waals surface area (Å²) in [7, 11) is -1.64. The van der Waals surface area contributed by atoms with Crippen molar-refractivity contribution < 1.29 is 26.8 Å². The molecular formula is C18H22N6O5S. The number of azo groups is 1. The molecule has 2 heterocycles. The summed E-state index contributed by atoms with van der Waals surface area (Å²) >= 11 is 0. The van der Waals surface area contributed by atoms with Crippen molar-refractivity contribution in [1.82, 2.24) is 9.78 Å². The molecule has 0 atom stereocenters. The average Bonchev–Trinajstić information content (AvgIpc) is 3.07. The Balaban J connectivity index is 0.000000469. The van der Waals surface area contributed by atoms with Gasteiger partial charge in [-0.25, -0.2) is 17.7 Å². The van der Waals surface area contributed by atoms with Gasteiger partial charge in [-0.1, -0.05) is 18.2 Å². The van der Waals surface area contributed by atoms with Crippen LogP contribution in [0.25, 0.3) is 0 Å². The first kappa shape index (κ1) is 23.1. The summed E-state index contributed by atoms with van der Waals surface area (Å²) < 4.78 is 34.7. The van der Waals surface area contributed by atoms with Gasteiger partial charge in [-0.3, -0.25) is 4.18 Å². The molecule has 0 aliphatic heterocycles. The lowest BCUT2D eigenvalue weighted by Crippen LogP contribution is -2.26. The molecule has 3 rings (SSSR count). The summed E-state index contributed by atoms with van der Waals surface area (Å²) in [5.74, 6) is 0.452. The Morgan fingerprint density at radius 1 is 1.20 bits per heavy atom. The fraction of sp³-hybridized carbons (Fsp3) is 0.222. The summed E-state index contributed by atoms with van der Waals surface area (Å²) in [6, 6.07) is 11.3. The van der Waals surface area contributed by atoms with E-state index in [2.05, 4.69) is 19.5 Å². The molecule has 11 nitrogen and oxygen atoms in total. The van der Waals surface area contributed by atoms with E-state index in [9.17, 15) is 18.1 Å². The molecule has 0 aliphatic carbocycles. The number of anilines is 1. The average molecular weight is 434 g/mol. The molecule has 12 heteroatoms. The smallest absolute Gasteiger partial charge is 0.217 e. The molecule has 0 saturated heterocycles. The molecule has 3 aromatic rings. The molecule has 1 aromatic carbocycles. The summed E-state index contributed by atoms with van der Waals surface area (Å²) in [6.07, 6.45) is 5.53. The number of nitrogens with two attached hydrogens (primary N) is 1. The summed E-state index contributed by atoms with van der Waals surface area (Å²) in [4.78, 5) is 0. The van der Waals surface area contributed by atoms with Gasteiger partial charge in [0.25, 0.3) is 0 Å². The van der Waals surface area contributed by atoms with E-state index in [-0.39, 0.29) is 6.61 Å². The number of aryl methyl sites for hydroxylation is 1. The van der Waals surface area contributed by atoms with Crippen molar-refractivity contribution in [2.24, 2.45) is 17.3 Å². The standard InChI is InChI=1S/C17H19N6O.CH4O4S/c1-22-8-6-13(7-9-22)11-23-17(18)16(10-19-23)21-20-15-5-3-2-4-14(15)12-24;1-5-6(2,3)4/h2-10,24H,11-12,18H2,1H3;1H3,(H,2,3,4)/q+1;/p-1. The molecule has 0 radical (unpaired) electrons. The number of hydrogen-bond acceptors (Lipinski definition) is 9. The lowest BCUT2D eigenvalue weighted by atomic mass is 10.2. The molecule has 2 aromatic heterocycles. The van der Waals surface area contributed by atoms with E-state index in [1.165, 1.54) is 0 Å². The first-order chi connectivity index (χ1) is 14.2. The second-order valence-electron chi connectivity index (χ2n) is 6.01. The van der Waals surface area contributed by atoms with Crippen LogP contribution in [0, 0.1) is 0 Å². The lowest BCUT2D eigenvalue weighted by Gasteiger charge is -2.03. The number of pyridine rings is 1. The van der Waals surface area contributed by atoms with Crippen LogP contribution >= 0.6 is 0 Å². The number of hydrogen-bond donors (Lipinski definition) is 2. The second kappa shape index (κ2) is 10.5. The van der Waals surface area contributed by atoms with Crippen LogP contribution in [0.15, 0.2) is 65.2 Å². The summed E-state index contributed by atoms with van der Waals surface area (Å²) in [5.41, 5.74) is 9.03. The SMILES string of the molecule is COS(=O)(=O)[O-].C[n+]1ccc(Cn2ncc(N=Nc3ccccc3CO)c2N)cc1. The van der Waals surface area contributed by atoms with Crippen molar-refractivity contribution in [3.63, 3.8) is 0 Å². The molecular weight excluding hydrogens is 412 g/mol. The zero-order chi connectivity index (χ0) is 22.1. The first-order valence-electron chi connectivity index (χ1n) is 8.61. The third-order valence-electron chi connectivity index (χ3n) is 3.87. The van der Waals surface area contributed by atoms with E-state index in [4.69, 9.17) is 5.73 Å². The fourth-order valence-electron chi connectivity index (χ4n) is 2.25.